The van der Waals surface area contributed by atoms with Crippen molar-refractivity contribution in [1.82, 2.24) is 15.6 Å². The highest BCUT2D eigenvalue weighted by atomic mass is 32.2. The predicted octanol–water partition coefficient (Wildman–Crippen LogP) is 2.65. The monoisotopic (exact) mass is 477 g/mol. The van der Waals surface area contributed by atoms with Gasteiger partial charge in [0, 0.05) is 0 Å². The minimum atomic E-state index is -5.44. The Kier molecular flexibility index (Phi) is 7.46. The van der Waals surface area contributed by atoms with Crippen molar-refractivity contribution < 1.29 is 40.3 Å². The SMILES string of the molecule is CCOC(=O)[C@](NC(=O)NNS(=O)(=O)c1ccc(C)cc1)(c1ccc(F)cc1)C(F)(F)F. The molecule has 0 unspecified atom stereocenters. The van der Waals surface area contributed by atoms with E-state index in [-0.39, 0.29) is 4.90 Å². The highest BCUT2D eigenvalue weighted by molar-refractivity contribution is 7.89. The molecule has 0 aromatic heterocycles. The van der Waals surface area contributed by atoms with Crippen LogP contribution in [0.15, 0.2) is 53.4 Å². The number of halogens is 4. The van der Waals surface area contributed by atoms with E-state index in [4.69, 9.17) is 0 Å². The fourth-order valence-electron chi connectivity index (χ4n) is 2.62. The number of esters is 1. The Hall–Kier alpha value is -3.19. The summed E-state index contributed by atoms with van der Waals surface area (Å²) >= 11 is 0. The lowest BCUT2D eigenvalue weighted by molar-refractivity contribution is -0.214. The second-order valence-corrected chi connectivity index (χ2v) is 8.16. The van der Waals surface area contributed by atoms with E-state index >= 15 is 0 Å². The topological polar surface area (TPSA) is 114 Å². The largest absolute Gasteiger partial charge is 0.464 e. The van der Waals surface area contributed by atoms with Crippen LogP contribution in [-0.2, 0) is 25.1 Å². The molecule has 13 heteroatoms. The zero-order valence-electron chi connectivity index (χ0n) is 16.8. The number of sulfonamides is 1. The maximum absolute atomic E-state index is 14.1. The van der Waals surface area contributed by atoms with Crippen LogP contribution < -0.4 is 15.6 Å². The summed E-state index contributed by atoms with van der Waals surface area (Å²) in [7, 11) is -4.33. The Labute approximate surface area is 181 Å². The Morgan fingerprint density at radius 2 is 1.56 bits per heavy atom. The molecule has 0 heterocycles. The summed E-state index contributed by atoms with van der Waals surface area (Å²) in [4.78, 5) is 26.0. The van der Waals surface area contributed by atoms with Crippen molar-refractivity contribution in [2.24, 2.45) is 0 Å². The number of hydrazine groups is 1. The number of carbonyl (C=O) groups excluding carboxylic acids is 2. The molecule has 1 atom stereocenters. The molecule has 2 aromatic rings. The number of aryl methyl sites for hydroxylation is 1. The third-order valence-corrected chi connectivity index (χ3v) is 5.48. The Morgan fingerprint density at radius 3 is 2.06 bits per heavy atom. The van der Waals surface area contributed by atoms with Crippen LogP contribution in [0.4, 0.5) is 22.4 Å². The average Bonchev–Trinajstić information content (AvgIpc) is 2.71. The first-order valence-electron chi connectivity index (χ1n) is 9.00. The van der Waals surface area contributed by atoms with Crippen LogP contribution in [0.3, 0.4) is 0 Å². The van der Waals surface area contributed by atoms with E-state index in [0.29, 0.717) is 24.3 Å². The average molecular weight is 477 g/mol. The van der Waals surface area contributed by atoms with Gasteiger partial charge in [-0.05, 0) is 43.7 Å². The highest BCUT2D eigenvalue weighted by Crippen LogP contribution is 2.40. The molecular formula is C19H19F4N3O5S. The number of hydrogen-bond acceptors (Lipinski definition) is 5. The van der Waals surface area contributed by atoms with Crippen LogP contribution >= 0.6 is 0 Å². The third-order valence-electron chi connectivity index (χ3n) is 4.22. The normalized spacial score (nSPS) is 13.7. The number of urea groups is 1. The number of alkyl halides is 3. The molecule has 3 N–H and O–H groups in total. The number of nitrogens with one attached hydrogen (secondary N) is 3. The van der Waals surface area contributed by atoms with E-state index in [9.17, 15) is 35.6 Å². The summed E-state index contributed by atoms with van der Waals surface area (Å²) in [6.07, 6.45) is -5.44. The van der Waals surface area contributed by atoms with Gasteiger partial charge < -0.3 is 10.1 Å². The number of hydrogen-bond donors (Lipinski definition) is 3. The van der Waals surface area contributed by atoms with Crippen molar-refractivity contribution in [3.8, 4) is 0 Å². The van der Waals surface area contributed by atoms with E-state index in [1.54, 1.807) is 17.2 Å². The molecule has 0 saturated heterocycles. The first kappa shape index (κ1) is 25.1. The molecule has 0 spiro atoms. The van der Waals surface area contributed by atoms with Gasteiger partial charge in [0.25, 0.3) is 15.6 Å². The minimum absolute atomic E-state index is 0.269. The molecule has 0 aliphatic rings. The fourth-order valence-corrected chi connectivity index (χ4v) is 3.46. The maximum atomic E-state index is 14.1. The standard InChI is InChI=1S/C19H19F4N3O5S/c1-3-31-16(27)18(19(21,22)23,13-6-8-14(20)9-7-13)24-17(28)25-26-32(29,30)15-10-4-12(2)5-11-15/h4-11,26H,3H2,1-2H3,(H2,24,25,28)/t18-/m1/s1. The van der Waals surface area contributed by atoms with E-state index in [2.05, 4.69) is 4.74 Å². The van der Waals surface area contributed by atoms with Gasteiger partial charge in [-0.1, -0.05) is 29.8 Å². The number of amides is 2. The molecular weight excluding hydrogens is 458 g/mol. The van der Waals surface area contributed by atoms with Gasteiger partial charge in [0.05, 0.1) is 11.5 Å². The van der Waals surface area contributed by atoms with E-state index in [0.717, 1.165) is 5.56 Å². The maximum Gasteiger partial charge on any atom is 0.426 e. The van der Waals surface area contributed by atoms with Gasteiger partial charge in [-0.15, -0.1) is 4.83 Å². The molecule has 0 radical (unpaired) electrons. The summed E-state index contributed by atoms with van der Waals surface area (Å²) in [5, 5.41) is 1.43. The van der Waals surface area contributed by atoms with Gasteiger partial charge in [0.1, 0.15) is 5.82 Å². The van der Waals surface area contributed by atoms with Crippen molar-refractivity contribution in [2.75, 3.05) is 6.61 Å². The first-order valence-corrected chi connectivity index (χ1v) is 10.5. The number of benzene rings is 2. The van der Waals surface area contributed by atoms with Gasteiger partial charge in [-0.25, -0.2) is 22.4 Å². The molecule has 2 amide bonds. The highest BCUT2D eigenvalue weighted by Gasteiger charge is 2.64. The summed E-state index contributed by atoms with van der Waals surface area (Å²) in [5.41, 5.74) is -2.27. The predicted molar refractivity (Wildman–Crippen MR) is 104 cm³/mol. The van der Waals surface area contributed by atoms with Crippen LogP contribution in [-0.4, -0.2) is 33.2 Å². The van der Waals surface area contributed by atoms with E-state index in [1.807, 2.05) is 0 Å². The van der Waals surface area contributed by atoms with Gasteiger partial charge in [0.15, 0.2) is 0 Å². The molecule has 174 valence electrons. The number of carbonyl (C=O) groups is 2. The van der Waals surface area contributed by atoms with E-state index in [1.165, 1.54) is 36.5 Å². The Bertz CT molecular complexity index is 1070. The molecule has 0 aliphatic heterocycles. The summed E-state index contributed by atoms with van der Waals surface area (Å²) < 4.78 is 84.5. The quantitative estimate of drug-likeness (QED) is 0.322. The number of rotatable bonds is 7. The smallest absolute Gasteiger partial charge is 0.426 e. The molecule has 2 aromatic carbocycles. The van der Waals surface area contributed by atoms with Crippen molar-refractivity contribution >= 4 is 22.0 Å². The zero-order valence-corrected chi connectivity index (χ0v) is 17.6. The van der Waals surface area contributed by atoms with Gasteiger partial charge in [-0.3, -0.25) is 5.43 Å². The van der Waals surface area contributed by atoms with Crippen LogP contribution in [0.5, 0.6) is 0 Å². The summed E-state index contributed by atoms with van der Waals surface area (Å²) in [6, 6.07) is 6.28. The van der Waals surface area contributed by atoms with Crippen molar-refractivity contribution in [3.05, 3.63) is 65.5 Å². The lowest BCUT2D eigenvalue weighted by Gasteiger charge is -2.34. The molecule has 32 heavy (non-hydrogen) atoms. The Morgan fingerprint density at radius 1 is 1.00 bits per heavy atom. The Balaban J connectivity index is 2.36. The molecule has 0 fully saturated rings. The van der Waals surface area contributed by atoms with Crippen molar-refractivity contribution in [1.29, 1.82) is 0 Å². The number of ether oxygens (including phenoxy) is 1. The molecule has 8 nitrogen and oxygen atoms in total. The van der Waals surface area contributed by atoms with Crippen LogP contribution in [0.2, 0.25) is 0 Å². The molecule has 0 saturated carbocycles. The van der Waals surface area contributed by atoms with Gasteiger partial charge in [-0.2, -0.15) is 13.2 Å². The second-order valence-electron chi connectivity index (χ2n) is 6.47. The minimum Gasteiger partial charge on any atom is -0.464 e. The lowest BCUT2D eigenvalue weighted by Crippen LogP contribution is -2.64. The molecule has 2 rings (SSSR count). The van der Waals surface area contributed by atoms with Crippen LogP contribution in [0.25, 0.3) is 0 Å². The lowest BCUT2D eigenvalue weighted by atomic mass is 9.89. The summed E-state index contributed by atoms with van der Waals surface area (Å²) in [6.45, 7) is 2.50. The van der Waals surface area contributed by atoms with Crippen molar-refractivity contribution in [3.63, 3.8) is 0 Å². The third kappa shape index (κ3) is 5.34. The van der Waals surface area contributed by atoms with Crippen molar-refractivity contribution in [2.45, 2.75) is 30.5 Å². The van der Waals surface area contributed by atoms with Gasteiger partial charge in [0.2, 0.25) is 0 Å². The van der Waals surface area contributed by atoms with Gasteiger partial charge >= 0.3 is 18.2 Å². The molecule has 0 aliphatic carbocycles. The fraction of sp³-hybridized carbons (Fsp3) is 0.263. The second kappa shape index (κ2) is 9.53. The van der Waals surface area contributed by atoms with Crippen LogP contribution in [0, 0.1) is 12.7 Å². The zero-order chi connectivity index (χ0) is 24.2. The molecule has 0 bridgehead atoms. The first-order chi connectivity index (χ1) is 14.8. The van der Waals surface area contributed by atoms with Crippen LogP contribution in [0.1, 0.15) is 18.1 Å². The summed E-state index contributed by atoms with van der Waals surface area (Å²) in [5.74, 6) is -2.78. The van der Waals surface area contributed by atoms with E-state index < -0.39 is 51.7 Å².